The highest BCUT2D eigenvalue weighted by atomic mass is 35.5. The number of fused-ring (bicyclic) bond motifs is 1. The van der Waals surface area contributed by atoms with E-state index >= 15 is 0 Å². The first kappa shape index (κ1) is 13.9. The van der Waals surface area contributed by atoms with Gasteiger partial charge in [-0.2, -0.15) is 0 Å². The molecule has 1 saturated carbocycles. The fraction of sp³-hybridized carbons (Fsp3) is 0.625. The predicted molar refractivity (Wildman–Crippen MR) is 82.1 cm³/mol. The standard InChI is InChI=1S/C16H22ClNO2/c17-13-10-15-16(20-9-8-19-15)11-14(13)18-7-6-12-4-2-1-3-5-12/h10-12,18H,1-9H2. The lowest BCUT2D eigenvalue weighted by atomic mass is 9.87. The summed E-state index contributed by atoms with van der Waals surface area (Å²) in [4.78, 5) is 0. The molecule has 2 aliphatic rings. The van der Waals surface area contributed by atoms with E-state index in [-0.39, 0.29) is 0 Å². The molecule has 0 aromatic heterocycles. The van der Waals surface area contributed by atoms with E-state index < -0.39 is 0 Å². The Morgan fingerprint density at radius 1 is 1.05 bits per heavy atom. The molecule has 1 aliphatic heterocycles. The van der Waals surface area contributed by atoms with Crippen LogP contribution >= 0.6 is 11.6 Å². The van der Waals surface area contributed by atoms with Gasteiger partial charge in [-0.3, -0.25) is 0 Å². The molecule has 1 heterocycles. The summed E-state index contributed by atoms with van der Waals surface area (Å²) in [5.74, 6) is 2.42. The molecule has 20 heavy (non-hydrogen) atoms. The molecule has 1 fully saturated rings. The highest BCUT2D eigenvalue weighted by molar-refractivity contribution is 6.33. The summed E-state index contributed by atoms with van der Waals surface area (Å²) in [6.45, 7) is 2.18. The average Bonchev–Trinajstić information content (AvgIpc) is 2.49. The first-order valence-electron chi connectivity index (χ1n) is 7.66. The van der Waals surface area contributed by atoms with E-state index in [4.69, 9.17) is 21.1 Å². The SMILES string of the molecule is Clc1cc2c(cc1NCCC1CCCCC1)OCCO2. The zero-order valence-corrected chi connectivity index (χ0v) is 12.5. The number of ether oxygens (including phenoxy) is 2. The van der Waals surface area contributed by atoms with Crippen LogP contribution in [-0.2, 0) is 0 Å². The molecule has 1 aliphatic carbocycles. The molecule has 0 saturated heterocycles. The minimum absolute atomic E-state index is 0.595. The van der Waals surface area contributed by atoms with Crippen molar-refractivity contribution >= 4 is 17.3 Å². The molecule has 0 bridgehead atoms. The van der Waals surface area contributed by atoms with Crippen molar-refractivity contribution < 1.29 is 9.47 Å². The molecule has 0 unspecified atom stereocenters. The Morgan fingerprint density at radius 2 is 1.75 bits per heavy atom. The van der Waals surface area contributed by atoms with Gasteiger partial charge in [0.15, 0.2) is 11.5 Å². The van der Waals surface area contributed by atoms with Crippen LogP contribution in [0.3, 0.4) is 0 Å². The molecule has 0 spiro atoms. The van der Waals surface area contributed by atoms with Gasteiger partial charge in [0.05, 0.1) is 10.7 Å². The number of halogens is 1. The topological polar surface area (TPSA) is 30.5 Å². The maximum atomic E-state index is 6.28. The van der Waals surface area contributed by atoms with Crippen LogP contribution in [0.5, 0.6) is 11.5 Å². The molecular formula is C16H22ClNO2. The van der Waals surface area contributed by atoms with Crippen molar-refractivity contribution in [2.75, 3.05) is 25.1 Å². The maximum absolute atomic E-state index is 6.28. The molecule has 1 N–H and O–H groups in total. The fourth-order valence-corrected chi connectivity index (χ4v) is 3.31. The lowest BCUT2D eigenvalue weighted by molar-refractivity contribution is 0.171. The highest BCUT2D eigenvalue weighted by Gasteiger charge is 2.16. The van der Waals surface area contributed by atoms with Crippen LogP contribution in [0.25, 0.3) is 0 Å². The summed E-state index contributed by atoms with van der Waals surface area (Å²) in [6.07, 6.45) is 8.21. The van der Waals surface area contributed by atoms with Crippen molar-refractivity contribution in [2.24, 2.45) is 5.92 Å². The van der Waals surface area contributed by atoms with E-state index in [0.29, 0.717) is 18.2 Å². The van der Waals surface area contributed by atoms with Crippen LogP contribution in [0, 0.1) is 5.92 Å². The van der Waals surface area contributed by atoms with Crippen molar-refractivity contribution in [3.8, 4) is 11.5 Å². The molecule has 0 radical (unpaired) electrons. The average molecular weight is 296 g/mol. The van der Waals surface area contributed by atoms with Crippen LogP contribution in [0.2, 0.25) is 5.02 Å². The van der Waals surface area contributed by atoms with Gasteiger partial charge in [0.25, 0.3) is 0 Å². The first-order chi connectivity index (χ1) is 9.83. The normalized spacial score (nSPS) is 18.9. The van der Waals surface area contributed by atoms with Crippen molar-refractivity contribution in [1.29, 1.82) is 0 Å². The van der Waals surface area contributed by atoms with Gasteiger partial charge in [-0.15, -0.1) is 0 Å². The minimum atomic E-state index is 0.595. The van der Waals surface area contributed by atoms with Gasteiger partial charge < -0.3 is 14.8 Å². The molecule has 110 valence electrons. The Kier molecular flexibility index (Phi) is 4.56. The first-order valence-corrected chi connectivity index (χ1v) is 8.04. The van der Waals surface area contributed by atoms with Crippen LogP contribution in [0.4, 0.5) is 5.69 Å². The van der Waals surface area contributed by atoms with E-state index in [9.17, 15) is 0 Å². The van der Waals surface area contributed by atoms with Crippen molar-refractivity contribution in [3.05, 3.63) is 17.2 Å². The monoisotopic (exact) mass is 295 g/mol. The number of rotatable bonds is 4. The Labute approximate surface area is 125 Å². The summed E-state index contributed by atoms with van der Waals surface area (Å²) >= 11 is 6.28. The number of benzene rings is 1. The van der Waals surface area contributed by atoms with E-state index in [2.05, 4.69) is 5.32 Å². The van der Waals surface area contributed by atoms with Crippen LogP contribution in [0.1, 0.15) is 38.5 Å². The molecule has 1 aromatic carbocycles. The number of anilines is 1. The Hall–Kier alpha value is -1.09. The van der Waals surface area contributed by atoms with E-state index in [1.807, 2.05) is 12.1 Å². The van der Waals surface area contributed by atoms with Gasteiger partial charge in [0.1, 0.15) is 13.2 Å². The number of hydrogen-bond acceptors (Lipinski definition) is 3. The van der Waals surface area contributed by atoms with E-state index in [1.54, 1.807) is 0 Å². The summed E-state index contributed by atoms with van der Waals surface area (Å²) in [7, 11) is 0. The van der Waals surface area contributed by atoms with Gasteiger partial charge in [-0.05, 0) is 12.3 Å². The van der Waals surface area contributed by atoms with Crippen LogP contribution in [-0.4, -0.2) is 19.8 Å². The molecule has 3 rings (SSSR count). The zero-order valence-electron chi connectivity index (χ0n) is 11.8. The second-order valence-electron chi connectivity index (χ2n) is 5.70. The third kappa shape index (κ3) is 3.32. The molecule has 0 atom stereocenters. The summed E-state index contributed by atoms with van der Waals surface area (Å²) < 4.78 is 11.1. The largest absolute Gasteiger partial charge is 0.486 e. The van der Waals surface area contributed by atoms with Crippen molar-refractivity contribution in [1.82, 2.24) is 0 Å². The lowest BCUT2D eigenvalue weighted by Crippen LogP contribution is -2.16. The highest BCUT2D eigenvalue weighted by Crippen LogP contribution is 2.38. The van der Waals surface area contributed by atoms with Crippen LogP contribution in [0.15, 0.2) is 12.1 Å². The van der Waals surface area contributed by atoms with Gasteiger partial charge in [-0.1, -0.05) is 43.7 Å². The Morgan fingerprint density at radius 3 is 2.50 bits per heavy atom. The molecule has 1 aromatic rings. The van der Waals surface area contributed by atoms with E-state index in [1.165, 1.54) is 38.5 Å². The lowest BCUT2D eigenvalue weighted by Gasteiger charge is -2.23. The van der Waals surface area contributed by atoms with Gasteiger partial charge in [-0.25, -0.2) is 0 Å². The fourth-order valence-electron chi connectivity index (χ4n) is 3.09. The predicted octanol–water partition coefficient (Wildman–Crippen LogP) is 4.49. The second kappa shape index (κ2) is 6.57. The van der Waals surface area contributed by atoms with Crippen molar-refractivity contribution in [3.63, 3.8) is 0 Å². The van der Waals surface area contributed by atoms with E-state index in [0.717, 1.165) is 29.6 Å². The zero-order chi connectivity index (χ0) is 13.8. The Bertz CT molecular complexity index is 458. The molecular weight excluding hydrogens is 274 g/mol. The quantitative estimate of drug-likeness (QED) is 0.887. The van der Waals surface area contributed by atoms with Gasteiger partial charge in [0.2, 0.25) is 0 Å². The summed E-state index contributed by atoms with van der Waals surface area (Å²) in [5.41, 5.74) is 0.951. The second-order valence-corrected chi connectivity index (χ2v) is 6.10. The van der Waals surface area contributed by atoms with Crippen LogP contribution < -0.4 is 14.8 Å². The third-order valence-electron chi connectivity index (χ3n) is 4.22. The van der Waals surface area contributed by atoms with Gasteiger partial charge in [0, 0.05) is 18.7 Å². The van der Waals surface area contributed by atoms with Crippen molar-refractivity contribution in [2.45, 2.75) is 38.5 Å². The molecule has 3 nitrogen and oxygen atoms in total. The number of nitrogens with one attached hydrogen (secondary N) is 1. The summed E-state index contributed by atoms with van der Waals surface area (Å²) in [5, 5.41) is 4.15. The molecule has 0 amide bonds. The number of hydrogen-bond donors (Lipinski definition) is 1. The Balaban J connectivity index is 1.56. The summed E-state index contributed by atoms with van der Waals surface area (Å²) in [6, 6.07) is 3.80. The molecule has 4 heteroatoms. The maximum Gasteiger partial charge on any atom is 0.163 e. The third-order valence-corrected chi connectivity index (χ3v) is 4.54. The smallest absolute Gasteiger partial charge is 0.163 e. The van der Waals surface area contributed by atoms with Gasteiger partial charge >= 0.3 is 0 Å². The minimum Gasteiger partial charge on any atom is -0.486 e.